The van der Waals surface area contributed by atoms with Gasteiger partial charge in [0.15, 0.2) is 0 Å². The molecule has 0 aromatic rings. The molecular weight excluding hydrogens is 251 g/mol. The molecule has 0 spiro atoms. The molecule has 11 heavy (non-hydrogen) atoms. The van der Waals surface area contributed by atoms with Gasteiger partial charge in [0.2, 0.25) is 0 Å². The van der Waals surface area contributed by atoms with Crippen molar-refractivity contribution in [2.45, 2.75) is 36.7 Å². The molecule has 68 valence electrons. The fourth-order valence-electron chi connectivity index (χ4n) is 1.41. The van der Waals surface area contributed by atoms with Crippen LogP contribution in [-0.4, -0.2) is 26.0 Å². The summed E-state index contributed by atoms with van der Waals surface area (Å²) in [4.78, 5) is 0. The third kappa shape index (κ3) is 2.58. The summed E-state index contributed by atoms with van der Waals surface area (Å²) in [7, 11) is 1.84. The summed E-state index contributed by atoms with van der Waals surface area (Å²) in [6.07, 6.45) is 3.52. The Morgan fingerprint density at radius 1 is 1.18 bits per heavy atom. The molecule has 0 unspecified atom stereocenters. The monoisotopic (exact) mass is 270 g/mol. The number of rotatable bonds is 3. The molecule has 0 aliphatic carbocycles. The van der Waals surface area contributed by atoms with Gasteiger partial charge >= 0.3 is 77.2 Å². The maximum atomic E-state index is 5.36. The minimum absolute atomic E-state index is 0.512. The van der Waals surface area contributed by atoms with Crippen LogP contribution in [0, 0.1) is 0 Å². The van der Waals surface area contributed by atoms with E-state index in [4.69, 9.17) is 4.74 Å². The Labute approximate surface area is 77.3 Å². The number of hydrogen-bond acceptors (Lipinski definition) is 1. The standard InChI is InChI=1S/C9H19IO/c1-8(9(2)11-3)10-6-4-5-7-10/h8-9H,4-7H2,1-3H3/t8-,9-/m1/s1. The molecule has 0 amide bonds. The number of hydrogen-bond donors (Lipinski definition) is 0. The molecule has 1 heterocycles. The van der Waals surface area contributed by atoms with E-state index in [1.165, 1.54) is 12.8 Å². The molecule has 0 aromatic carbocycles. The Hall–Kier alpha value is 0.690. The summed E-state index contributed by atoms with van der Waals surface area (Å²) in [5.41, 5.74) is 0. The minimum atomic E-state index is -0.543. The van der Waals surface area contributed by atoms with Crippen LogP contribution in [0.15, 0.2) is 0 Å². The molecule has 0 radical (unpaired) electrons. The Morgan fingerprint density at radius 2 is 1.73 bits per heavy atom. The zero-order valence-electron chi connectivity index (χ0n) is 7.77. The summed E-state index contributed by atoms with van der Waals surface area (Å²) in [6.45, 7) is 4.62. The van der Waals surface area contributed by atoms with E-state index in [9.17, 15) is 0 Å². The molecule has 0 saturated carbocycles. The third-order valence-electron chi connectivity index (χ3n) is 2.51. The Bertz CT molecular complexity index is 110. The second-order valence-corrected chi connectivity index (χ2v) is 10.2. The van der Waals surface area contributed by atoms with E-state index >= 15 is 0 Å². The van der Waals surface area contributed by atoms with Crippen molar-refractivity contribution in [3.05, 3.63) is 0 Å². The van der Waals surface area contributed by atoms with Crippen LogP contribution in [0.4, 0.5) is 0 Å². The number of alkyl halides is 3. The number of methoxy groups -OCH3 is 1. The molecule has 1 saturated heterocycles. The van der Waals surface area contributed by atoms with E-state index in [1.54, 1.807) is 8.86 Å². The van der Waals surface area contributed by atoms with Gasteiger partial charge in [0.05, 0.1) is 0 Å². The predicted molar refractivity (Wildman–Crippen MR) is 58.9 cm³/mol. The Balaban J connectivity index is 2.32. The molecule has 0 aromatic heterocycles. The van der Waals surface area contributed by atoms with Crippen molar-refractivity contribution in [3.8, 4) is 0 Å². The van der Waals surface area contributed by atoms with Crippen molar-refractivity contribution in [3.63, 3.8) is 0 Å². The van der Waals surface area contributed by atoms with E-state index in [0.29, 0.717) is 6.10 Å². The van der Waals surface area contributed by atoms with Gasteiger partial charge < -0.3 is 0 Å². The molecule has 1 aliphatic rings. The third-order valence-corrected chi connectivity index (χ3v) is 10.6. The fourth-order valence-corrected chi connectivity index (χ4v) is 8.68. The molecule has 2 atom stereocenters. The maximum absolute atomic E-state index is 5.36. The van der Waals surface area contributed by atoms with Crippen molar-refractivity contribution < 1.29 is 4.74 Å². The van der Waals surface area contributed by atoms with Crippen molar-refractivity contribution in [2.75, 3.05) is 16.0 Å². The first-order valence-corrected chi connectivity index (χ1v) is 8.68. The number of ether oxygens (including phenoxy) is 1. The normalized spacial score (nSPS) is 27.0. The summed E-state index contributed by atoms with van der Waals surface area (Å²) in [5, 5.41) is 0. The quantitative estimate of drug-likeness (QED) is 0.566. The molecule has 0 bridgehead atoms. The van der Waals surface area contributed by atoms with Crippen molar-refractivity contribution in [1.29, 1.82) is 0 Å². The molecule has 1 fully saturated rings. The van der Waals surface area contributed by atoms with Gasteiger partial charge in [-0.15, -0.1) is 0 Å². The first kappa shape index (κ1) is 9.78. The van der Waals surface area contributed by atoms with Crippen molar-refractivity contribution >= 4 is 19.8 Å². The molecule has 1 rings (SSSR count). The van der Waals surface area contributed by atoms with Crippen LogP contribution in [0.25, 0.3) is 0 Å². The fraction of sp³-hybridized carbons (Fsp3) is 1.00. The van der Waals surface area contributed by atoms with Crippen molar-refractivity contribution in [2.24, 2.45) is 0 Å². The first-order chi connectivity index (χ1) is 5.25. The van der Waals surface area contributed by atoms with Crippen LogP contribution in [0.2, 0.25) is 0 Å². The van der Waals surface area contributed by atoms with E-state index in [0.717, 1.165) is 3.92 Å². The van der Waals surface area contributed by atoms with Gasteiger partial charge in [-0.3, -0.25) is 0 Å². The van der Waals surface area contributed by atoms with E-state index in [1.807, 2.05) is 7.11 Å². The zero-order valence-corrected chi connectivity index (χ0v) is 9.93. The van der Waals surface area contributed by atoms with Gasteiger partial charge in [-0.25, -0.2) is 0 Å². The summed E-state index contributed by atoms with van der Waals surface area (Å²) >= 11 is -0.543. The van der Waals surface area contributed by atoms with Crippen LogP contribution in [0.5, 0.6) is 0 Å². The second kappa shape index (κ2) is 4.65. The van der Waals surface area contributed by atoms with Crippen LogP contribution >= 0.6 is 19.8 Å². The Morgan fingerprint density at radius 3 is 2.18 bits per heavy atom. The molecule has 1 nitrogen and oxygen atoms in total. The van der Waals surface area contributed by atoms with E-state index in [2.05, 4.69) is 13.8 Å². The van der Waals surface area contributed by atoms with Gasteiger partial charge in [0, 0.05) is 0 Å². The van der Waals surface area contributed by atoms with Crippen LogP contribution in [-0.2, 0) is 4.74 Å². The van der Waals surface area contributed by atoms with Gasteiger partial charge in [-0.1, -0.05) is 0 Å². The Kier molecular flexibility index (Phi) is 4.13. The van der Waals surface area contributed by atoms with Gasteiger partial charge in [-0.05, 0) is 0 Å². The average Bonchev–Trinajstić information content (AvgIpc) is 2.53. The first-order valence-electron chi connectivity index (χ1n) is 4.38. The average molecular weight is 270 g/mol. The molecule has 1 aliphatic heterocycles. The van der Waals surface area contributed by atoms with Gasteiger partial charge in [-0.2, -0.15) is 0 Å². The molecule has 0 N–H and O–H groups in total. The summed E-state index contributed by atoms with van der Waals surface area (Å²) < 4.78 is 9.44. The molecular formula is C9H19IO. The summed E-state index contributed by atoms with van der Waals surface area (Å²) in [6, 6.07) is 0. The zero-order chi connectivity index (χ0) is 8.27. The topological polar surface area (TPSA) is 9.23 Å². The van der Waals surface area contributed by atoms with Crippen LogP contribution in [0.1, 0.15) is 26.7 Å². The predicted octanol–water partition coefficient (Wildman–Crippen LogP) is 2.71. The molecule has 2 heteroatoms. The number of halogens is 1. The van der Waals surface area contributed by atoms with Crippen LogP contribution in [0.3, 0.4) is 0 Å². The summed E-state index contributed by atoms with van der Waals surface area (Å²) in [5.74, 6) is 0. The van der Waals surface area contributed by atoms with E-state index in [-0.39, 0.29) is 0 Å². The van der Waals surface area contributed by atoms with Crippen molar-refractivity contribution in [1.82, 2.24) is 0 Å². The SMILES string of the molecule is CO[C@H](C)[C@@H](C)I1CCCC1. The van der Waals surface area contributed by atoms with E-state index < -0.39 is 19.8 Å². The van der Waals surface area contributed by atoms with Crippen LogP contribution < -0.4 is 0 Å². The second-order valence-electron chi connectivity index (χ2n) is 3.20. The van der Waals surface area contributed by atoms with Gasteiger partial charge in [0.1, 0.15) is 0 Å². The van der Waals surface area contributed by atoms with Gasteiger partial charge in [0.25, 0.3) is 0 Å².